The van der Waals surface area contributed by atoms with E-state index in [-0.39, 0.29) is 24.0 Å². The number of rotatable bonds is 6. The van der Waals surface area contributed by atoms with E-state index in [1.54, 1.807) is 6.33 Å². The minimum absolute atomic E-state index is 0. The number of nitrogens with one attached hydrogen (secondary N) is 2. The minimum atomic E-state index is -0.462. The molecule has 3 heterocycles. The highest BCUT2D eigenvalue weighted by atomic mass is 127. The fourth-order valence-corrected chi connectivity index (χ4v) is 4.46. The molecule has 9 heteroatoms. The number of guanidine groups is 1. The molecule has 0 amide bonds. The number of aliphatic hydroxyl groups is 1. The Morgan fingerprint density at radius 3 is 2.74 bits per heavy atom. The number of piperidine rings is 1. The van der Waals surface area contributed by atoms with Gasteiger partial charge in [-0.1, -0.05) is 24.3 Å². The summed E-state index contributed by atoms with van der Waals surface area (Å²) in [5.41, 5.74) is 2.81. The Kier molecular flexibility index (Phi) is 9.09. The van der Waals surface area contributed by atoms with E-state index >= 15 is 0 Å². The normalized spacial score (nSPS) is 18.9. The van der Waals surface area contributed by atoms with Gasteiger partial charge in [0, 0.05) is 45.2 Å². The fraction of sp³-hybridized carbons (Fsp3) is 0.591. The SMILES string of the molecule is CCNC(=NCC(O)CN1CCc2ccccc2C1)N1CCC(c2ncn[nH]2)CC1.I. The second-order valence-electron chi connectivity index (χ2n) is 8.23. The summed E-state index contributed by atoms with van der Waals surface area (Å²) >= 11 is 0. The lowest BCUT2D eigenvalue weighted by Gasteiger charge is -2.34. The smallest absolute Gasteiger partial charge is 0.194 e. The standard InChI is InChI=1S/C22H33N7O.HI/c1-2-23-22(29-11-8-18(9-12-29)21-25-16-26-27-21)24-13-20(30)15-28-10-7-17-5-3-4-6-19(17)14-28;/h3-6,16,18,20,30H,2,7-15H2,1H3,(H,23,24)(H,25,26,27);1H. The van der Waals surface area contributed by atoms with Gasteiger partial charge in [-0.3, -0.25) is 15.0 Å². The van der Waals surface area contributed by atoms with Gasteiger partial charge in [0.05, 0.1) is 12.6 Å². The van der Waals surface area contributed by atoms with Gasteiger partial charge in [0.1, 0.15) is 12.2 Å². The first-order valence-electron chi connectivity index (χ1n) is 11.1. The third-order valence-electron chi connectivity index (χ3n) is 6.08. The summed E-state index contributed by atoms with van der Waals surface area (Å²) in [6, 6.07) is 8.60. The van der Waals surface area contributed by atoms with Crippen molar-refractivity contribution in [2.75, 3.05) is 39.3 Å². The maximum Gasteiger partial charge on any atom is 0.194 e. The molecule has 31 heavy (non-hydrogen) atoms. The second kappa shape index (κ2) is 11.8. The van der Waals surface area contributed by atoms with Crippen LogP contribution in [0.5, 0.6) is 0 Å². The lowest BCUT2D eigenvalue weighted by atomic mass is 9.96. The summed E-state index contributed by atoms with van der Waals surface area (Å²) in [5, 5.41) is 21.0. The Morgan fingerprint density at radius 2 is 2.03 bits per heavy atom. The molecule has 1 fully saturated rings. The molecule has 1 unspecified atom stereocenters. The number of hydrogen-bond acceptors (Lipinski definition) is 5. The van der Waals surface area contributed by atoms with E-state index in [0.29, 0.717) is 19.0 Å². The van der Waals surface area contributed by atoms with Gasteiger partial charge in [0.25, 0.3) is 0 Å². The van der Waals surface area contributed by atoms with Crippen LogP contribution in [0, 0.1) is 0 Å². The number of hydrogen-bond donors (Lipinski definition) is 3. The van der Waals surface area contributed by atoms with E-state index < -0.39 is 6.10 Å². The van der Waals surface area contributed by atoms with E-state index in [1.165, 1.54) is 11.1 Å². The number of nitrogens with zero attached hydrogens (tertiary/aromatic N) is 5. The number of benzene rings is 1. The summed E-state index contributed by atoms with van der Waals surface area (Å²) in [6.07, 6.45) is 4.21. The van der Waals surface area contributed by atoms with E-state index in [4.69, 9.17) is 4.99 Å². The predicted molar refractivity (Wildman–Crippen MR) is 133 cm³/mol. The Balaban J connectivity index is 0.00000272. The molecule has 1 aromatic heterocycles. The summed E-state index contributed by atoms with van der Waals surface area (Å²) in [7, 11) is 0. The molecule has 1 atom stereocenters. The van der Waals surface area contributed by atoms with E-state index in [0.717, 1.165) is 63.8 Å². The molecule has 2 aliphatic heterocycles. The first kappa shape index (κ1) is 23.9. The van der Waals surface area contributed by atoms with Gasteiger partial charge in [0.15, 0.2) is 5.96 Å². The minimum Gasteiger partial charge on any atom is -0.390 e. The Morgan fingerprint density at radius 1 is 1.26 bits per heavy atom. The first-order valence-corrected chi connectivity index (χ1v) is 11.1. The highest BCUT2D eigenvalue weighted by Crippen LogP contribution is 2.25. The number of fused-ring (bicyclic) bond motifs is 1. The molecule has 2 aromatic rings. The quantitative estimate of drug-likeness (QED) is 0.296. The molecular weight excluding hydrogens is 505 g/mol. The molecular formula is C22H34IN7O. The number of aliphatic hydroxyl groups excluding tert-OH is 1. The molecule has 1 aromatic carbocycles. The average Bonchev–Trinajstić information content (AvgIpc) is 3.32. The lowest BCUT2D eigenvalue weighted by Crippen LogP contribution is -2.46. The van der Waals surface area contributed by atoms with Gasteiger partial charge in [-0.25, -0.2) is 4.98 Å². The highest BCUT2D eigenvalue weighted by molar-refractivity contribution is 14.0. The summed E-state index contributed by atoms with van der Waals surface area (Å²) in [5.74, 6) is 2.31. The molecule has 8 nitrogen and oxygen atoms in total. The zero-order valence-electron chi connectivity index (χ0n) is 18.2. The van der Waals surface area contributed by atoms with E-state index in [2.05, 4.69) is 61.5 Å². The molecule has 0 saturated carbocycles. The molecule has 2 aliphatic rings. The third kappa shape index (κ3) is 6.39. The van der Waals surface area contributed by atoms with E-state index in [1.807, 2.05) is 0 Å². The second-order valence-corrected chi connectivity index (χ2v) is 8.23. The molecule has 0 bridgehead atoms. The van der Waals surface area contributed by atoms with Crippen LogP contribution in [-0.4, -0.2) is 81.4 Å². The molecule has 3 N–H and O–H groups in total. The Hall–Kier alpha value is -1.72. The monoisotopic (exact) mass is 539 g/mol. The molecule has 170 valence electrons. The number of aromatic amines is 1. The number of halogens is 1. The van der Waals surface area contributed by atoms with Crippen LogP contribution in [0.2, 0.25) is 0 Å². The molecule has 0 aliphatic carbocycles. The van der Waals surface area contributed by atoms with Crippen LogP contribution in [0.4, 0.5) is 0 Å². The van der Waals surface area contributed by atoms with Crippen molar-refractivity contribution in [1.82, 2.24) is 30.3 Å². The Bertz CT molecular complexity index is 821. The van der Waals surface area contributed by atoms with Crippen LogP contribution >= 0.6 is 24.0 Å². The summed E-state index contributed by atoms with van der Waals surface area (Å²) in [4.78, 5) is 13.7. The molecule has 0 spiro atoms. The van der Waals surface area contributed by atoms with Crippen molar-refractivity contribution in [2.45, 2.75) is 44.8 Å². The number of H-pyrrole nitrogens is 1. The van der Waals surface area contributed by atoms with Crippen LogP contribution in [0.3, 0.4) is 0 Å². The molecule has 4 rings (SSSR count). The number of aromatic nitrogens is 3. The average molecular weight is 539 g/mol. The summed E-state index contributed by atoms with van der Waals surface area (Å²) in [6.45, 7) is 7.73. The highest BCUT2D eigenvalue weighted by Gasteiger charge is 2.25. The van der Waals surface area contributed by atoms with Crippen LogP contribution in [0.15, 0.2) is 35.6 Å². The predicted octanol–water partition coefficient (Wildman–Crippen LogP) is 1.99. The number of aliphatic imine (C=N–C) groups is 1. The summed E-state index contributed by atoms with van der Waals surface area (Å²) < 4.78 is 0. The first-order chi connectivity index (χ1) is 14.7. The van der Waals surface area contributed by atoms with Crippen molar-refractivity contribution < 1.29 is 5.11 Å². The van der Waals surface area contributed by atoms with Gasteiger partial charge >= 0.3 is 0 Å². The topological polar surface area (TPSA) is 92.7 Å². The van der Waals surface area contributed by atoms with Crippen LogP contribution < -0.4 is 5.32 Å². The maximum absolute atomic E-state index is 10.6. The number of β-amino-alcohol motifs (C(OH)–C–C–N with tert-alkyl or cyclic N) is 1. The van der Waals surface area contributed by atoms with Gasteiger partial charge in [0.2, 0.25) is 0 Å². The lowest BCUT2D eigenvalue weighted by molar-refractivity contribution is 0.111. The third-order valence-corrected chi connectivity index (χ3v) is 6.08. The van der Waals surface area contributed by atoms with Crippen LogP contribution in [0.1, 0.15) is 42.6 Å². The van der Waals surface area contributed by atoms with Crippen molar-refractivity contribution in [2.24, 2.45) is 4.99 Å². The van der Waals surface area contributed by atoms with Crippen molar-refractivity contribution >= 4 is 29.9 Å². The van der Waals surface area contributed by atoms with Crippen molar-refractivity contribution in [3.63, 3.8) is 0 Å². The zero-order chi connectivity index (χ0) is 20.8. The van der Waals surface area contributed by atoms with Gasteiger partial charge in [-0.05, 0) is 37.3 Å². The molecule has 0 radical (unpaired) electrons. The molecule has 1 saturated heterocycles. The number of likely N-dealkylation sites (tertiary alicyclic amines) is 1. The van der Waals surface area contributed by atoms with Crippen molar-refractivity contribution in [1.29, 1.82) is 0 Å². The van der Waals surface area contributed by atoms with Crippen LogP contribution in [0.25, 0.3) is 0 Å². The van der Waals surface area contributed by atoms with Gasteiger partial charge < -0.3 is 15.3 Å². The largest absolute Gasteiger partial charge is 0.390 e. The maximum atomic E-state index is 10.6. The Labute approximate surface area is 201 Å². The van der Waals surface area contributed by atoms with E-state index in [9.17, 15) is 5.11 Å². The fourth-order valence-electron chi connectivity index (χ4n) is 4.46. The zero-order valence-corrected chi connectivity index (χ0v) is 20.5. The van der Waals surface area contributed by atoms with Gasteiger partial charge in [-0.15, -0.1) is 24.0 Å². The van der Waals surface area contributed by atoms with Crippen molar-refractivity contribution in [3.8, 4) is 0 Å². The van der Waals surface area contributed by atoms with Crippen molar-refractivity contribution in [3.05, 3.63) is 47.5 Å². The van der Waals surface area contributed by atoms with Crippen LogP contribution in [-0.2, 0) is 13.0 Å². The van der Waals surface area contributed by atoms with Gasteiger partial charge in [-0.2, -0.15) is 5.10 Å².